The Balaban J connectivity index is 0.000000195. The number of Topliss-reactive ketones (excluding diaryl/α,β-unsaturated/α-hetero) is 1. The van der Waals surface area contributed by atoms with Gasteiger partial charge in [0.25, 0.3) is 0 Å². The Labute approximate surface area is 238 Å². The van der Waals surface area contributed by atoms with Crippen LogP contribution < -0.4 is 9.47 Å². The second-order valence-corrected chi connectivity index (χ2v) is 9.22. The number of benzene rings is 4. The first kappa shape index (κ1) is 29.0. The maximum atomic E-state index is 11.9. The number of hydrogen-bond donors (Lipinski definition) is 1. The number of rotatable bonds is 9. The second kappa shape index (κ2) is 13.8. The lowest BCUT2D eigenvalue weighted by Crippen LogP contribution is -2.04. The average molecular weight is 553 g/mol. The first-order valence-electron chi connectivity index (χ1n) is 13.2. The molecule has 0 bridgehead atoms. The molecular formula is C34H32O7. The Morgan fingerprint density at radius 2 is 1.34 bits per heavy atom. The van der Waals surface area contributed by atoms with Crippen molar-refractivity contribution in [2.75, 3.05) is 6.61 Å². The van der Waals surface area contributed by atoms with E-state index in [2.05, 4.69) is 0 Å². The van der Waals surface area contributed by atoms with Gasteiger partial charge < -0.3 is 23.7 Å². The number of phenols is 1. The summed E-state index contributed by atoms with van der Waals surface area (Å²) < 4.78 is 22.0. The van der Waals surface area contributed by atoms with Crippen molar-refractivity contribution in [3.05, 3.63) is 125 Å². The summed E-state index contributed by atoms with van der Waals surface area (Å²) in [6, 6.07) is 29.9. The van der Waals surface area contributed by atoms with Crippen molar-refractivity contribution >= 4 is 22.7 Å². The zero-order valence-electron chi connectivity index (χ0n) is 23.3. The van der Waals surface area contributed by atoms with Crippen LogP contribution in [-0.2, 0) is 18.0 Å². The summed E-state index contributed by atoms with van der Waals surface area (Å²) in [7, 11) is 0. The molecule has 0 amide bonds. The lowest BCUT2D eigenvalue weighted by Gasteiger charge is -2.08. The molecule has 0 saturated carbocycles. The topological polar surface area (TPSA) is 95.2 Å². The molecule has 0 atom stereocenters. The fourth-order valence-electron chi connectivity index (χ4n) is 4.05. The number of hydrogen-bond acceptors (Lipinski definition) is 7. The van der Waals surface area contributed by atoms with Crippen LogP contribution in [0.25, 0.3) is 11.0 Å². The molecule has 0 saturated heterocycles. The summed E-state index contributed by atoms with van der Waals surface area (Å²) in [5.74, 6) is 0.921. The van der Waals surface area contributed by atoms with E-state index >= 15 is 0 Å². The van der Waals surface area contributed by atoms with Gasteiger partial charge in [-0.25, -0.2) is 4.79 Å². The van der Waals surface area contributed by atoms with Gasteiger partial charge in [-0.15, -0.1) is 0 Å². The molecule has 5 rings (SSSR count). The number of ketones is 1. The number of carbonyl (C=O) groups excluding carboxylic acids is 2. The van der Waals surface area contributed by atoms with Crippen molar-refractivity contribution < 1.29 is 33.3 Å². The van der Waals surface area contributed by atoms with Gasteiger partial charge in [0, 0.05) is 10.9 Å². The molecule has 0 radical (unpaired) electrons. The number of aromatic hydroxyl groups is 1. The minimum atomic E-state index is -0.437. The Hall–Kier alpha value is -5.04. The Morgan fingerprint density at radius 1 is 0.780 bits per heavy atom. The molecule has 0 spiro atoms. The summed E-state index contributed by atoms with van der Waals surface area (Å²) in [5.41, 5.74) is 3.85. The summed E-state index contributed by atoms with van der Waals surface area (Å²) in [6.07, 6.45) is 0. The monoisotopic (exact) mass is 552 g/mol. The lowest BCUT2D eigenvalue weighted by atomic mass is 10.1. The van der Waals surface area contributed by atoms with E-state index in [0.717, 1.165) is 27.8 Å². The highest BCUT2D eigenvalue weighted by atomic mass is 16.5. The number of ether oxygens (including phenoxy) is 3. The maximum Gasteiger partial charge on any atom is 0.374 e. The van der Waals surface area contributed by atoms with E-state index in [4.69, 9.17) is 18.6 Å². The Bertz CT molecular complexity index is 1610. The maximum absolute atomic E-state index is 11.9. The summed E-state index contributed by atoms with van der Waals surface area (Å²) in [5, 5.41) is 10.4. The van der Waals surface area contributed by atoms with E-state index < -0.39 is 5.97 Å². The molecule has 0 unspecified atom stereocenters. The molecule has 5 aromatic rings. The minimum absolute atomic E-state index is 0.0189. The molecule has 210 valence electrons. The van der Waals surface area contributed by atoms with Crippen LogP contribution in [0.2, 0.25) is 0 Å². The zero-order valence-corrected chi connectivity index (χ0v) is 23.3. The number of fused-ring (bicyclic) bond motifs is 1. The second-order valence-electron chi connectivity index (χ2n) is 9.22. The highest BCUT2D eigenvalue weighted by molar-refractivity contribution is 5.97. The molecule has 1 aromatic heterocycles. The van der Waals surface area contributed by atoms with Gasteiger partial charge in [0.15, 0.2) is 5.78 Å². The minimum Gasteiger partial charge on any atom is -0.507 e. The van der Waals surface area contributed by atoms with E-state index in [0.29, 0.717) is 31.2 Å². The molecule has 7 heteroatoms. The predicted octanol–water partition coefficient (Wildman–Crippen LogP) is 7.67. The van der Waals surface area contributed by atoms with E-state index in [1.165, 1.54) is 13.0 Å². The number of aryl methyl sites for hydroxylation is 1. The quantitative estimate of drug-likeness (QED) is 0.148. The van der Waals surface area contributed by atoms with Crippen LogP contribution in [0.5, 0.6) is 17.2 Å². The van der Waals surface area contributed by atoms with Crippen LogP contribution in [-0.4, -0.2) is 23.5 Å². The van der Waals surface area contributed by atoms with E-state index in [1.807, 2.05) is 85.8 Å². The number of esters is 1. The van der Waals surface area contributed by atoms with E-state index in [-0.39, 0.29) is 22.9 Å². The van der Waals surface area contributed by atoms with Crippen molar-refractivity contribution in [1.82, 2.24) is 0 Å². The van der Waals surface area contributed by atoms with Gasteiger partial charge in [-0.1, -0.05) is 60.7 Å². The lowest BCUT2D eigenvalue weighted by molar-refractivity contribution is 0.0491. The number of phenolic OH excluding ortho intramolecular Hbond substituents is 1. The highest BCUT2D eigenvalue weighted by Gasteiger charge is 2.19. The molecule has 0 fully saturated rings. The third-order valence-corrected chi connectivity index (χ3v) is 6.21. The van der Waals surface area contributed by atoms with Crippen LogP contribution in [0, 0.1) is 6.92 Å². The molecule has 0 aliphatic heterocycles. The molecular weight excluding hydrogens is 520 g/mol. The van der Waals surface area contributed by atoms with Gasteiger partial charge in [-0.3, -0.25) is 4.79 Å². The van der Waals surface area contributed by atoms with Gasteiger partial charge in [0.1, 0.15) is 36.0 Å². The van der Waals surface area contributed by atoms with Crippen LogP contribution >= 0.6 is 0 Å². The summed E-state index contributed by atoms with van der Waals surface area (Å²) in [6.45, 7) is 6.28. The molecule has 1 heterocycles. The molecule has 7 nitrogen and oxygen atoms in total. The van der Waals surface area contributed by atoms with Crippen molar-refractivity contribution in [3.8, 4) is 17.2 Å². The molecule has 4 aromatic carbocycles. The van der Waals surface area contributed by atoms with Gasteiger partial charge in [0.05, 0.1) is 12.2 Å². The highest BCUT2D eigenvalue weighted by Crippen LogP contribution is 2.30. The Morgan fingerprint density at radius 3 is 1.90 bits per heavy atom. The molecule has 41 heavy (non-hydrogen) atoms. The molecule has 0 aliphatic rings. The third-order valence-electron chi connectivity index (χ3n) is 6.21. The zero-order chi connectivity index (χ0) is 29.2. The standard InChI is InChI=1S/C19H18O4.C15H14O3/c1-3-21-19(20)18-13(2)16-11-15(9-10-17(16)23-18)22-12-14-7-5-4-6-8-14;1-11(16)14-9-13(7-8-15(14)17)18-10-12-5-3-2-4-6-12/h4-11H,3,12H2,1-2H3;2-9,17H,10H2,1H3. The predicted molar refractivity (Wildman–Crippen MR) is 157 cm³/mol. The normalized spacial score (nSPS) is 10.4. The third kappa shape index (κ3) is 7.76. The van der Waals surface area contributed by atoms with Crippen molar-refractivity contribution in [1.29, 1.82) is 0 Å². The number of carbonyl (C=O) groups is 2. The van der Waals surface area contributed by atoms with Gasteiger partial charge >= 0.3 is 5.97 Å². The first-order valence-corrected chi connectivity index (χ1v) is 13.2. The van der Waals surface area contributed by atoms with E-state index in [9.17, 15) is 14.7 Å². The first-order chi connectivity index (χ1) is 19.9. The summed E-state index contributed by atoms with van der Waals surface area (Å²) >= 11 is 0. The van der Waals surface area contributed by atoms with Crippen molar-refractivity contribution in [2.45, 2.75) is 34.0 Å². The fraction of sp³-hybridized carbons (Fsp3) is 0.176. The molecule has 1 N–H and O–H groups in total. The van der Waals surface area contributed by atoms with Crippen LogP contribution in [0.4, 0.5) is 0 Å². The Kier molecular flexibility index (Phi) is 9.78. The van der Waals surface area contributed by atoms with Gasteiger partial charge in [-0.2, -0.15) is 0 Å². The van der Waals surface area contributed by atoms with Gasteiger partial charge in [-0.05, 0) is 68.3 Å². The average Bonchev–Trinajstić information content (AvgIpc) is 3.32. The number of furan rings is 1. The van der Waals surface area contributed by atoms with Crippen LogP contribution in [0.1, 0.15) is 51.5 Å². The van der Waals surface area contributed by atoms with Crippen molar-refractivity contribution in [2.24, 2.45) is 0 Å². The fourth-order valence-corrected chi connectivity index (χ4v) is 4.05. The van der Waals surface area contributed by atoms with Crippen molar-refractivity contribution in [3.63, 3.8) is 0 Å². The van der Waals surface area contributed by atoms with Crippen LogP contribution in [0.15, 0.2) is 101 Å². The largest absolute Gasteiger partial charge is 0.507 e. The summed E-state index contributed by atoms with van der Waals surface area (Å²) in [4.78, 5) is 23.2. The SMILES string of the molecule is CC(=O)c1cc(OCc2ccccc2)ccc1O.CCOC(=O)c1oc2ccc(OCc3ccccc3)cc2c1C. The van der Waals surface area contributed by atoms with Gasteiger partial charge in [0.2, 0.25) is 5.76 Å². The van der Waals surface area contributed by atoms with Crippen LogP contribution in [0.3, 0.4) is 0 Å². The smallest absolute Gasteiger partial charge is 0.374 e. The molecule has 0 aliphatic carbocycles. The van der Waals surface area contributed by atoms with E-state index in [1.54, 1.807) is 19.1 Å².